The first kappa shape index (κ1) is 14.4. The third kappa shape index (κ3) is 4.23. The summed E-state index contributed by atoms with van der Waals surface area (Å²) < 4.78 is 10.8. The number of nitrogens with two attached hydrogens (primary N) is 1. The Morgan fingerprint density at radius 1 is 1.59 bits per heavy atom. The SMILES string of the molecule is CCC(N)(CCO)OCC1CCC(C(=O)O)O1. The maximum absolute atomic E-state index is 10.7. The van der Waals surface area contributed by atoms with Gasteiger partial charge in [0.1, 0.15) is 5.72 Å². The molecule has 0 amide bonds. The highest BCUT2D eigenvalue weighted by atomic mass is 16.6. The van der Waals surface area contributed by atoms with Gasteiger partial charge < -0.3 is 25.4 Å². The molecule has 0 saturated carbocycles. The molecule has 1 aliphatic heterocycles. The fraction of sp³-hybridized carbons (Fsp3) is 0.909. The van der Waals surface area contributed by atoms with Gasteiger partial charge in [0.05, 0.1) is 12.7 Å². The lowest BCUT2D eigenvalue weighted by atomic mass is 10.1. The van der Waals surface area contributed by atoms with E-state index in [1.165, 1.54) is 0 Å². The highest BCUT2D eigenvalue weighted by molar-refractivity contribution is 5.72. The molecule has 6 nitrogen and oxygen atoms in total. The van der Waals surface area contributed by atoms with Crippen LogP contribution in [0, 0.1) is 0 Å². The Labute approximate surface area is 101 Å². The van der Waals surface area contributed by atoms with E-state index in [0.717, 1.165) is 0 Å². The highest BCUT2D eigenvalue weighted by Crippen LogP contribution is 2.22. The number of aliphatic carboxylic acids is 1. The summed E-state index contributed by atoms with van der Waals surface area (Å²) in [5, 5.41) is 17.6. The van der Waals surface area contributed by atoms with Crippen molar-refractivity contribution in [1.82, 2.24) is 0 Å². The van der Waals surface area contributed by atoms with E-state index < -0.39 is 17.8 Å². The minimum Gasteiger partial charge on any atom is -0.479 e. The van der Waals surface area contributed by atoms with E-state index in [9.17, 15) is 4.79 Å². The van der Waals surface area contributed by atoms with Crippen LogP contribution in [0.3, 0.4) is 0 Å². The van der Waals surface area contributed by atoms with Gasteiger partial charge in [-0.2, -0.15) is 0 Å². The normalized spacial score (nSPS) is 27.9. The fourth-order valence-corrected chi connectivity index (χ4v) is 1.81. The van der Waals surface area contributed by atoms with E-state index >= 15 is 0 Å². The third-order valence-corrected chi connectivity index (χ3v) is 3.07. The van der Waals surface area contributed by atoms with Crippen molar-refractivity contribution in [3.8, 4) is 0 Å². The van der Waals surface area contributed by atoms with Gasteiger partial charge in [-0.3, -0.25) is 0 Å². The average molecular weight is 247 g/mol. The number of hydrogen-bond acceptors (Lipinski definition) is 5. The Hall–Kier alpha value is -0.690. The van der Waals surface area contributed by atoms with Gasteiger partial charge in [-0.05, 0) is 19.3 Å². The summed E-state index contributed by atoms with van der Waals surface area (Å²) in [6.45, 7) is 2.12. The standard InChI is InChI=1S/C11H21NO5/c1-2-11(12,5-6-13)16-7-8-3-4-9(17-8)10(14)15/h8-9,13H,2-7,12H2,1H3,(H,14,15). The van der Waals surface area contributed by atoms with Gasteiger partial charge in [-0.25, -0.2) is 4.79 Å². The smallest absolute Gasteiger partial charge is 0.332 e. The maximum atomic E-state index is 10.7. The quantitative estimate of drug-likeness (QED) is 0.551. The van der Waals surface area contributed by atoms with Gasteiger partial charge in [-0.15, -0.1) is 0 Å². The molecule has 1 aliphatic rings. The molecule has 0 aliphatic carbocycles. The maximum Gasteiger partial charge on any atom is 0.332 e. The van der Waals surface area contributed by atoms with Gasteiger partial charge in [0.25, 0.3) is 0 Å². The number of carboxylic acids is 1. The second-order valence-electron chi connectivity index (χ2n) is 4.37. The lowest BCUT2D eigenvalue weighted by Crippen LogP contribution is -2.44. The molecule has 0 aromatic carbocycles. The summed E-state index contributed by atoms with van der Waals surface area (Å²) in [6, 6.07) is 0. The van der Waals surface area contributed by atoms with Gasteiger partial charge in [0.2, 0.25) is 0 Å². The third-order valence-electron chi connectivity index (χ3n) is 3.07. The predicted octanol–water partition coefficient (Wildman–Crippen LogP) is 0.0826. The largest absolute Gasteiger partial charge is 0.479 e. The van der Waals surface area contributed by atoms with Crippen LogP contribution in [-0.2, 0) is 14.3 Å². The Kier molecular flexibility index (Phi) is 5.32. The minimum absolute atomic E-state index is 0.0341. The molecule has 6 heteroatoms. The van der Waals surface area contributed by atoms with E-state index in [1.807, 2.05) is 6.92 Å². The molecule has 1 fully saturated rings. The van der Waals surface area contributed by atoms with Crippen molar-refractivity contribution in [1.29, 1.82) is 0 Å². The van der Waals surface area contributed by atoms with Crippen LogP contribution < -0.4 is 5.73 Å². The molecule has 1 heterocycles. The van der Waals surface area contributed by atoms with E-state index in [-0.39, 0.29) is 19.3 Å². The van der Waals surface area contributed by atoms with Crippen LogP contribution in [0.5, 0.6) is 0 Å². The van der Waals surface area contributed by atoms with Crippen LogP contribution in [-0.4, -0.2) is 47.3 Å². The number of ether oxygens (including phenoxy) is 2. The van der Waals surface area contributed by atoms with Crippen LogP contribution in [0.1, 0.15) is 32.6 Å². The monoisotopic (exact) mass is 247 g/mol. The minimum atomic E-state index is -0.933. The van der Waals surface area contributed by atoms with Crippen LogP contribution in [0.25, 0.3) is 0 Å². The topological polar surface area (TPSA) is 102 Å². The summed E-state index contributed by atoms with van der Waals surface area (Å²) >= 11 is 0. The van der Waals surface area contributed by atoms with E-state index in [1.54, 1.807) is 0 Å². The predicted molar refractivity (Wildman–Crippen MR) is 60.4 cm³/mol. The number of aliphatic hydroxyl groups excluding tert-OH is 1. The van der Waals surface area contributed by atoms with Crippen molar-refractivity contribution in [3.05, 3.63) is 0 Å². The Balaban J connectivity index is 2.33. The van der Waals surface area contributed by atoms with Crippen molar-refractivity contribution in [2.75, 3.05) is 13.2 Å². The molecule has 1 saturated heterocycles. The molecule has 0 bridgehead atoms. The first-order valence-corrected chi connectivity index (χ1v) is 5.92. The lowest BCUT2D eigenvalue weighted by Gasteiger charge is -2.29. The molecular weight excluding hydrogens is 226 g/mol. The molecule has 0 spiro atoms. The van der Waals surface area contributed by atoms with Crippen LogP contribution in [0.4, 0.5) is 0 Å². The lowest BCUT2D eigenvalue weighted by molar-refractivity contribution is -0.153. The average Bonchev–Trinajstić information content (AvgIpc) is 2.76. The number of rotatable bonds is 7. The van der Waals surface area contributed by atoms with Crippen molar-refractivity contribution >= 4 is 5.97 Å². The first-order valence-electron chi connectivity index (χ1n) is 5.92. The zero-order chi connectivity index (χ0) is 12.9. The molecule has 0 radical (unpaired) electrons. The fourth-order valence-electron chi connectivity index (χ4n) is 1.81. The molecule has 0 aromatic rings. The van der Waals surface area contributed by atoms with Crippen molar-refractivity contribution in [2.24, 2.45) is 5.73 Å². The molecule has 3 atom stereocenters. The molecule has 3 unspecified atom stereocenters. The van der Waals surface area contributed by atoms with Crippen LogP contribution >= 0.6 is 0 Å². The molecule has 100 valence electrons. The van der Waals surface area contributed by atoms with Gasteiger partial charge in [-0.1, -0.05) is 6.92 Å². The van der Waals surface area contributed by atoms with Crippen molar-refractivity contribution in [3.63, 3.8) is 0 Å². The summed E-state index contributed by atoms with van der Waals surface area (Å²) in [5.41, 5.74) is 5.08. The summed E-state index contributed by atoms with van der Waals surface area (Å²) in [5.74, 6) is -0.933. The summed E-state index contributed by atoms with van der Waals surface area (Å²) in [7, 11) is 0. The molecule has 0 aromatic heterocycles. The zero-order valence-corrected chi connectivity index (χ0v) is 10.1. The number of carbonyl (C=O) groups is 1. The van der Waals surface area contributed by atoms with Gasteiger partial charge in [0.15, 0.2) is 6.10 Å². The van der Waals surface area contributed by atoms with E-state index in [2.05, 4.69) is 0 Å². The number of carboxylic acid groups (broad SMARTS) is 1. The Bertz CT molecular complexity index is 260. The molecule has 4 N–H and O–H groups in total. The van der Waals surface area contributed by atoms with E-state index in [4.69, 9.17) is 25.4 Å². The number of aliphatic hydroxyl groups is 1. The Morgan fingerprint density at radius 3 is 2.76 bits per heavy atom. The van der Waals surface area contributed by atoms with E-state index in [0.29, 0.717) is 25.7 Å². The van der Waals surface area contributed by atoms with Gasteiger partial charge in [0, 0.05) is 13.0 Å². The molecule has 1 rings (SSSR count). The Morgan fingerprint density at radius 2 is 2.29 bits per heavy atom. The summed E-state index contributed by atoms with van der Waals surface area (Å²) in [6.07, 6.45) is 1.17. The highest BCUT2D eigenvalue weighted by Gasteiger charge is 2.32. The van der Waals surface area contributed by atoms with Crippen LogP contribution in [0.2, 0.25) is 0 Å². The van der Waals surface area contributed by atoms with Crippen LogP contribution in [0.15, 0.2) is 0 Å². The van der Waals surface area contributed by atoms with Crippen molar-refractivity contribution < 1.29 is 24.5 Å². The second kappa shape index (κ2) is 6.30. The second-order valence-corrected chi connectivity index (χ2v) is 4.37. The molecular formula is C11H21NO5. The molecule has 17 heavy (non-hydrogen) atoms. The summed E-state index contributed by atoms with van der Waals surface area (Å²) in [4.78, 5) is 10.7. The van der Waals surface area contributed by atoms with Crippen molar-refractivity contribution in [2.45, 2.75) is 50.5 Å². The first-order chi connectivity index (χ1) is 8.00. The zero-order valence-electron chi connectivity index (χ0n) is 10.1. The van der Waals surface area contributed by atoms with Gasteiger partial charge >= 0.3 is 5.97 Å². The number of hydrogen-bond donors (Lipinski definition) is 3.